The standard InChI is InChI=1S/C29H33ClN2O3S.Na/c1-20(29(34)35)6-4-9-27(36-17-16-28(33)32(2)3)23-8-5-7-21(18-23)10-14-25-15-12-22-11-13-24(30)19-26(22)31-25;/h5,7-8,10-15,18-20,27H,4,6,9,16-17H2,1-3H3,(H,34,35);/q;+1/p-1/b14-10+;/t20-,27+;/m1./s1. The molecule has 5 nitrogen and oxygen atoms in total. The van der Waals surface area contributed by atoms with Crippen LogP contribution < -0.4 is 34.7 Å². The first-order chi connectivity index (χ1) is 17.2. The van der Waals surface area contributed by atoms with Crippen molar-refractivity contribution >= 4 is 58.3 Å². The number of thioether (sulfide) groups is 1. The zero-order valence-corrected chi connectivity index (χ0v) is 25.5. The van der Waals surface area contributed by atoms with E-state index >= 15 is 0 Å². The quantitative estimate of drug-likeness (QED) is 0.327. The number of hydrogen-bond donors (Lipinski definition) is 0. The van der Waals surface area contributed by atoms with E-state index in [0.29, 0.717) is 23.6 Å². The van der Waals surface area contributed by atoms with Crippen LogP contribution in [0.15, 0.2) is 54.6 Å². The van der Waals surface area contributed by atoms with E-state index < -0.39 is 11.9 Å². The minimum atomic E-state index is -1.01. The monoisotopic (exact) mass is 546 g/mol. The molecule has 1 heterocycles. The Morgan fingerprint density at radius 3 is 2.57 bits per heavy atom. The van der Waals surface area contributed by atoms with E-state index in [2.05, 4.69) is 17.1 Å². The Hall–Kier alpha value is -1.83. The molecule has 3 aromatic rings. The van der Waals surface area contributed by atoms with Crippen LogP contribution in [0.4, 0.5) is 0 Å². The van der Waals surface area contributed by atoms with E-state index in [1.807, 2.05) is 54.6 Å². The molecule has 0 spiro atoms. The molecule has 0 saturated carbocycles. The predicted molar refractivity (Wildman–Crippen MR) is 149 cm³/mol. The first kappa shape index (κ1) is 31.4. The van der Waals surface area contributed by atoms with E-state index in [9.17, 15) is 14.7 Å². The summed E-state index contributed by atoms with van der Waals surface area (Å²) >= 11 is 7.86. The number of halogens is 1. The molecule has 0 aliphatic rings. The number of carboxylic acids is 1. The summed E-state index contributed by atoms with van der Waals surface area (Å²) in [6, 6.07) is 18.0. The zero-order valence-electron chi connectivity index (χ0n) is 21.9. The van der Waals surface area contributed by atoms with Crippen LogP contribution in [-0.2, 0) is 9.59 Å². The largest absolute Gasteiger partial charge is 1.00 e. The van der Waals surface area contributed by atoms with Crippen molar-refractivity contribution < 1.29 is 44.3 Å². The van der Waals surface area contributed by atoms with Gasteiger partial charge in [-0.25, -0.2) is 4.98 Å². The number of carboxylic acid groups (broad SMARTS) is 1. The molecule has 3 rings (SSSR count). The van der Waals surface area contributed by atoms with Crippen LogP contribution in [0, 0.1) is 5.92 Å². The number of pyridine rings is 1. The van der Waals surface area contributed by atoms with Crippen molar-refractivity contribution in [2.24, 2.45) is 5.92 Å². The number of aliphatic carboxylic acids is 1. The van der Waals surface area contributed by atoms with E-state index in [0.717, 1.165) is 35.0 Å². The summed E-state index contributed by atoms with van der Waals surface area (Å²) in [4.78, 5) is 29.4. The Morgan fingerprint density at radius 1 is 1.08 bits per heavy atom. The first-order valence-electron chi connectivity index (χ1n) is 12.1. The van der Waals surface area contributed by atoms with E-state index in [4.69, 9.17) is 11.6 Å². The SMILES string of the molecule is C[C@H](CCC[C@H](SCCC(=O)N(C)C)c1cccc(/C=C/c2ccc3ccc(Cl)cc3n2)c1)C(=O)[O-].[Na+]. The Kier molecular flexibility index (Phi) is 13.2. The van der Waals surface area contributed by atoms with Gasteiger partial charge >= 0.3 is 29.6 Å². The van der Waals surface area contributed by atoms with Crippen molar-refractivity contribution in [3.8, 4) is 0 Å². The molecule has 37 heavy (non-hydrogen) atoms. The first-order valence-corrected chi connectivity index (χ1v) is 13.5. The Labute approximate surface area is 251 Å². The maximum Gasteiger partial charge on any atom is 1.00 e. The van der Waals surface area contributed by atoms with Crippen LogP contribution in [0.25, 0.3) is 23.1 Å². The molecule has 0 saturated heterocycles. The van der Waals surface area contributed by atoms with E-state index in [-0.39, 0.29) is 40.7 Å². The molecule has 0 fully saturated rings. The van der Waals surface area contributed by atoms with Crippen molar-refractivity contribution in [2.75, 3.05) is 19.8 Å². The molecule has 1 aromatic heterocycles. The molecule has 1 amide bonds. The van der Waals surface area contributed by atoms with E-state index in [1.165, 1.54) is 5.56 Å². The third kappa shape index (κ3) is 10.1. The molecule has 0 unspecified atom stereocenters. The maximum absolute atomic E-state index is 12.0. The molecular formula is C29H32ClN2NaO3S. The summed E-state index contributed by atoms with van der Waals surface area (Å²) < 4.78 is 0. The molecule has 0 bridgehead atoms. The minimum absolute atomic E-state index is 0. The van der Waals surface area contributed by atoms with Gasteiger partial charge in [0, 0.05) is 47.9 Å². The molecule has 2 aromatic carbocycles. The Bertz CT molecular complexity index is 1230. The van der Waals surface area contributed by atoms with Crippen molar-refractivity contribution in [1.82, 2.24) is 9.88 Å². The van der Waals surface area contributed by atoms with Gasteiger partial charge in [-0.15, -0.1) is 0 Å². The van der Waals surface area contributed by atoms with Gasteiger partial charge in [0.15, 0.2) is 0 Å². The number of rotatable bonds is 12. The molecule has 0 aliphatic carbocycles. The van der Waals surface area contributed by atoms with Crippen molar-refractivity contribution in [3.63, 3.8) is 0 Å². The van der Waals surface area contributed by atoms with Crippen LogP contribution in [0.5, 0.6) is 0 Å². The molecule has 190 valence electrons. The van der Waals surface area contributed by atoms with Gasteiger partial charge in [0.1, 0.15) is 0 Å². The maximum atomic E-state index is 12.0. The van der Waals surface area contributed by atoms with Crippen LogP contribution in [0.1, 0.15) is 54.7 Å². The van der Waals surface area contributed by atoms with Crippen molar-refractivity contribution in [2.45, 2.75) is 37.9 Å². The fourth-order valence-corrected chi connectivity index (χ4v) is 5.24. The average molecular weight is 547 g/mol. The van der Waals surface area contributed by atoms with Crippen LogP contribution in [-0.4, -0.2) is 41.6 Å². The molecule has 0 aliphatic heterocycles. The number of carbonyl (C=O) groups is 2. The molecule has 8 heteroatoms. The van der Waals surface area contributed by atoms with Crippen LogP contribution >= 0.6 is 23.4 Å². The summed E-state index contributed by atoms with van der Waals surface area (Å²) in [5, 5.41) is 13.0. The number of aromatic nitrogens is 1. The number of amides is 1. The number of benzene rings is 2. The summed E-state index contributed by atoms with van der Waals surface area (Å²) in [7, 11) is 3.53. The van der Waals surface area contributed by atoms with Gasteiger partial charge in [0.2, 0.25) is 5.91 Å². The molecule has 2 atom stereocenters. The number of nitrogens with zero attached hydrogens (tertiary/aromatic N) is 2. The fourth-order valence-electron chi connectivity index (χ4n) is 3.83. The van der Waals surface area contributed by atoms with Gasteiger partial charge in [0.05, 0.1) is 11.2 Å². The summed E-state index contributed by atoms with van der Waals surface area (Å²) in [6.45, 7) is 1.69. The average Bonchev–Trinajstić information content (AvgIpc) is 2.86. The normalized spacial score (nSPS) is 12.8. The van der Waals surface area contributed by atoms with Gasteiger partial charge in [-0.3, -0.25) is 4.79 Å². The second-order valence-corrected chi connectivity index (χ2v) is 10.9. The van der Waals surface area contributed by atoms with Crippen LogP contribution in [0.3, 0.4) is 0 Å². The van der Waals surface area contributed by atoms with Crippen molar-refractivity contribution in [1.29, 1.82) is 0 Å². The number of carbonyl (C=O) groups excluding carboxylic acids is 2. The zero-order chi connectivity index (χ0) is 26.1. The predicted octanol–water partition coefficient (Wildman–Crippen LogP) is 2.87. The van der Waals surface area contributed by atoms with E-state index in [1.54, 1.807) is 37.7 Å². The molecule has 0 N–H and O–H groups in total. The second-order valence-electron chi connectivity index (χ2n) is 9.13. The van der Waals surface area contributed by atoms with Gasteiger partial charge < -0.3 is 14.8 Å². The third-order valence-corrected chi connectivity index (χ3v) is 7.63. The fraction of sp³-hybridized carbons (Fsp3) is 0.345. The third-order valence-electron chi connectivity index (χ3n) is 6.04. The van der Waals surface area contributed by atoms with Gasteiger partial charge in [0.25, 0.3) is 0 Å². The van der Waals surface area contributed by atoms with Crippen LogP contribution in [0.2, 0.25) is 5.02 Å². The summed E-state index contributed by atoms with van der Waals surface area (Å²) in [5.74, 6) is -0.661. The summed E-state index contributed by atoms with van der Waals surface area (Å²) in [6.07, 6.45) is 6.68. The smallest absolute Gasteiger partial charge is 0.550 e. The van der Waals surface area contributed by atoms with Gasteiger partial charge in [-0.05, 0) is 54.2 Å². The number of hydrogen-bond acceptors (Lipinski definition) is 5. The van der Waals surface area contributed by atoms with Gasteiger partial charge in [-0.2, -0.15) is 11.8 Å². The topological polar surface area (TPSA) is 73.3 Å². The molecular weight excluding hydrogens is 515 g/mol. The van der Waals surface area contributed by atoms with Crippen molar-refractivity contribution in [3.05, 3.63) is 76.4 Å². The Morgan fingerprint density at radius 2 is 1.84 bits per heavy atom. The Balaban J connectivity index is 0.00000481. The van der Waals surface area contributed by atoms with Gasteiger partial charge in [-0.1, -0.05) is 67.4 Å². The molecule has 0 radical (unpaired) electrons. The number of fused-ring (bicyclic) bond motifs is 1. The minimum Gasteiger partial charge on any atom is -0.550 e. The second kappa shape index (κ2) is 15.6. The summed E-state index contributed by atoms with van der Waals surface area (Å²) in [5.41, 5.74) is 3.92.